The Hall–Kier alpha value is -1.51. The van der Waals surface area contributed by atoms with Gasteiger partial charge in [0.1, 0.15) is 13.4 Å². The molecule has 0 aliphatic rings. The number of hydrogen-bond acceptors (Lipinski definition) is 2. The summed E-state index contributed by atoms with van der Waals surface area (Å²) in [5.74, 6) is 0. The van der Waals surface area contributed by atoms with Crippen molar-refractivity contribution in [1.82, 2.24) is 0 Å². The molecule has 2 rings (SSSR count). The van der Waals surface area contributed by atoms with Crippen molar-refractivity contribution < 1.29 is 4.42 Å². The third-order valence-electron chi connectivity index (χ3n) is 1.68. The van der Waals surface area contributed by atoms with Gasteiger partial charge in [-0.05, 0) is 6.07 Å². The summed E-state index contributed by atoms with van der Waals surface area (Å²) in [6.45, 7) is 0. The zero-order chi connectivity index (χ0) is 8.55. The van der Waals surface area contributed by atoms with E-state index in [1.54, 1.807) is 18.2 Å². The van der Waals surface area contributed by atoms with Gasteiger partial charge in [-0.3, -0.25) is 4.79 Å². The molecule has 0 aliphatic carbocycles. The standard InChI is InChI=1S/C9H5BO2/c10-6-1-2-9-7(5-6)8(11)3-4-12-9/h1-5H. The average molecular weight is 156 g/mol. The third-order valence-corrected chi connectivity index (χ3v) is 1.68. The monoisotopic (exact) mass is 156 g/mol. The lowest BCUT2D eigenvalue weighted by Crippen LogP contribution is -2.05. The molecule has 1 aromatic carbocycles. The normalized spacial score (nSPS) is 10.3. The van der Waals surface area contributed by atoms with Crippen molar-refractivity contribution in [2.75, 3.05) is 0 Å². The van der Waals surface area contributed by atoms with E-state index in [1.807, 2.05) is 0 Å². The van der Waals surface area contributed by atoms with Crippen LogP contribution in [0, 0.1) is 0 Å². The van der Waals surface area contributed by atoms with Gasteiger partial charge in [-0.25, -0.2) is 0 Å². The van der Waals surface area contributed by atoms with Crippen molar-refractivity contribution in [2.24, 2.45) is 0 Å². The van der Waals surface area contributed by atoms with Gasteiger partial charge < -0.3 is 4.42 Å². The minimum Gasteiger partial charge on any atom is -0.464 e. The van der Waals surface area contributed by atoms with Gasteiger partial charge in [0, 0.05) is 6.07 Å². The first-order valence-electron chi connectivity index (χ1n) is 3.54. The molecular formula is C9H5BO2. The minimum absolute atomic E-state index is 0.0662. The minimum atomic E-state index is -0.0662. The maximum absolute atomic E-state index is 11.2. The van der Waals surface area contributed by atoms with Crippen LogP contribution in [0.25, 0.3) is 11.0 Å². The maximum Gasteiger partial charge on any atom is 0.192 e. The van der Waals surface area contributed by atoms with Crippen molar-refractivity contribution >= 4 is 24.3 Å². The van der Waals surface area contributed by atoms with Crippen LogP contribution < -0.4 is 10.9 Å². The van der Waals surface area contributed by atoms with Crippen molar-refractivity contribution in [1.29, 1.82) is 0 Å². The molecule has 0 amide bonds. The molecule has 0 bridgehead atoms. The van der Waals surface area contributed by atoms with Crippen molar-refractivity contribution in [3.63, 3.8) is 0 Å². The zero-order valence-corrected chi connectivity index (χ0v) is 6.28. The number of hydrogen-bond donors (Lipinski definition) is 0. The number of fused-ring (bicyclic) bond motifs is 1. The Bertz CT molecular complexity index is 473. The Labute approximate surface area is 70.2 Å². The van der Waals surface area contributed by atoms with E-state index < -0.39 is 0 Å². The fourth-order valence-electron chi connectivity index (χ4n) is 1.10. The summed E-state index contributed by atoms with van der Waals surface area (Å²) in [6.07, 6.45) is 1.38. The van der Waals surface area contributed by atoms with Crippen LogP contribution >= 0.6 is 0 Å². The van der Waals surface area contributed by atoms with Crippen LogP contribution in [0.2, 0.25) is 0 Å². The average Bonchev–Trinajstić information content (AvgIpc) is 2.07. The number of benzene rings is 1. The Morgan fingerprint density at radius 1 is 1.25 bits per heavy atom. The van der Waals surface area contributed by atoms with Gasteiger partial charge in [0.2, 0.25) is 0 Å². The molecule has 0 atom stereocenters. The van der Waals surface area contributed by atoms with Crippen LogP contribution in [0.5, 0.6) is 0 Å². The molecule has 0 aliphatic heterocycles. The van der Waals surface area contributed by atoms with Gasteiger partial charge >= 0.3 is 0 Å². The summed E-state index contributed by atoms with van der Waals surface area (Å²) < 4.78 is 5.09. The quantitative estimate of drug-likeness (QED) is 0.522. The first-order chi connectivity index (χ1) is 5.77. The van der Waals surface area contributed by atoms with E-state index in [2.05, 4.69) is 0 Å². The molecule has 0 N–H and O–H groups in total. The van der Waals surface area contributed by atoms with Crippen molar-refractivity contribution in [3.8, 4) is 0 Å². The Kier molecular flexibility index (Phi) is 1.50. The number of rotatable bonds is 0. The SMILES string of the molecule is [B]c1ccc2occc(=O)c2c1. The fraction of sp³-hybridized carbons (Fsp3) is 0. The lowest BCUT2D eigenvalue weighted by molar-refractivity contribution is 0.602. The van der Waals surface area contributed by atoms with E-state index in [9.17, 15) is 4.79 Å². The van der Waals surface area contributed by atoms with Crippen LogP contribution in [0.1, 0.15) is 0 Å². The molecule has 2 aromatic rings. The highest BCUT2D eigenvalue weighted by Gasteiger charge is 1.97. The second-order valence-corrected chi connectivity index (χ2v) is 2.54. The Morgan fingerprint density at radius 3 is 2.92 bits per heavy atom. The van der Waals surface area contributed by atoms with Gasteiger partial charge in [0.05, 0.1) is 11.6 Å². The van der Waals surface area contributed by atoms with E-state index in [0.29, 0.717) is 16.4 Å². The second-order valence-electron chi connectivity index (χ2n) is 2.54. The molecule has 0 saturated carbocycles. The van der Waals surface area contributed by atoms with Gasteiger partial charge in [0.25, 0.3) is 0 Å². The van der Waals surface area contributed by atoms with Crippen LogP contribution in [0.3, 0.4) is 0 Å². The van der Waals surface area contributed by atoms with E-state index in [0.717, 1.165) is 0 Å². The molecule has 0 saturated heterocycles. The first kappa shape index (κ1) is 7.16. The van der Waals surface area contributed by atoms with E-state index in [4.69, 9.17) is 12.3 Å². The van der Waals surface area contributed by atoms with Gasteiger partial charge in [0.15, 0.2) is 5.43 Å². The molecule has 0 fully saturated rings. The predicted molar refractivity (Wildman–Crippen MR) is 47.9 cm³/mol. The summed E-state index contributed by atoms with van der Waals surface area (Å²) in [7, 11) is 5.51. The highest BCUT2D eigenvalue weighted by Crippen LogP contribution is 2.05. The summed E-state index contributed by atoms with van der Waals surface area (Å²) in [6, 6.07) is 6.38. The summed E-state index contributed by atoms with van der Waals surface area (Å²) in [4.78, 5) is 11.2. The smallest absolute Gasteiger partial charge is 0.192 e. The van der Waals surface area contributed by atoms with Gasteiger partial charge in [-0.1, -0.05) is 17.6 Å². The van der Waals surface area contributed by atoms with Crippen LogP contribution in [-0.2, 0) is 0 Å². The molecule has 0 unspecified atom stereocenters. The fourth-order valence-corrected chi connectivity index (χ4v) is 1.10. The third kappa shape index (κ3) is 1.03. The molecule has 0 spiro atoms. The molecule has 56 valence electrons. The summed E-state index contributed by atoms with van der Waals surface area (Å²) in [5.41, 5.74) is 1.07. The largest absolute Gasteiger partial charge is 0.464 e. The van der Waals surface area contributed by atoms with Gasteiger partial charge in [-0.2, -0.15) is 0 Å². The Morgan fingerprint density at radius 2 is 2.08 bits per heavy atom. The van der Waals surface area contributed by atoms with Crippen LogP contribution in [0.4, 0.5) is 0 Å². The zero-order valence-electron chi connectivity index (χ0n) is 6.28. The molecule has 2 nitrogen and oxygen atoms in total. The van der Waals surface area contributed by atoms with Crippen molar-refractivity contribution in [3.05, 3.63) is 40.8 Å². The molecule has 2 radical (unpaired) electrons. The molecule has 3 heteroatoms. The lowest BCUT2D eigenvalue weighted by atomic mass is 9.95. The van der Waals surface area contributed by atoms with E-state index in [-0.39, 0.29) is 5.43 Å². The van der Waals surface area contributed by atoms with Crippen molar-refractivity contribution in [2.45, 2.75) is 0 Å². The highest BCUT2D eigenvalue weighted by atomic mass is 16.3. The summed E-state index contributed by atoms with van der Waals surface area (Å²) in [5, 5.41) is 0.525. The van der Waals surface area contributed by atoms with E-state index in [1.165, 1.54) is 12.3 Å². The first-order valence-corrected chi connectivity index (χ1v) is 3.54. The predicted octanol–water partition coefficient (Wildman–Crippen LogP) is 0.587. The van der Waals surface area contributed by atoms with Crippen LogP contribution in [-0.4, -0.2) is 7.85 Å². The molecular weight excluding hydrogens is 151 g/mol. The lowest BCUT2D eigenvalue weighted by Gasteiger charge is -1.95. The molecule has 12 heavy (non-hydrogen) atoms. The maximum atomic E-state index is 11.2. The molecule has 1 aromatic heterocycles. The van der Waals surface area contributed by atoms with Gasteiger partial charge in [-0.15, -0.1) is 0 Å². The molecule has 1 heterocycles. The van der Waals surface area contributed by atoms with E-state index >= 15 is 0 Å². The topological polar surface area (TPSA) is 30.2 Å². The highest BCUT2D eigenvalue weighted by molar-refractivity contribution is 6.33. The second kappa shape index (κ2) is 2.52. The summed E-state index contributed by atoms with van der Waals surface area (Å²) >= 11 is 0. The Balaban J connectivity index is 2.98. The van der Waals surface area contributed by atoms with Crippen LogP contribution in [0.15, 0.2) is 39.7 Å².